The molecular weight excluding hydrogens is 869 g/mol. The lowest BCUT2D eigenvalue weighted by Gasteiger charge is -2.31. The molecule has 6 heterocycles. The summed E-state index contributed by atoms with van der Waals surface area (Å²) in [6, 6.07) is 67.0. The molecule has 0 fully saturated rings. The van der Waals surface area contributed by atoms with Gasteiger partial charge in [-0.05, 0) is 95.1 Å². The number of allylic oxidation sites excluding steroid dienone is 6. The van der Waals surface area contributed by atoms with Gasteiger partial charge in [0.25, 0.3) is 0 Å². The first-order chi connectivity index (χ1) is 35.2. The second-order valence-corrected chi connectivity index (χ2v) is 17.4. The number of nitrogens with zero attached hydrogens (tertiary/aromatic N) is 8. The van der Waals surface area contributed by atoms with E-state index in [1.165, 1.54) is 0 Å². The number of benzene rings is 6. The van der Waals surface area contributed by atoms with E-state index in [4.69, 9.17) is 24.9 Å². The van der Waals surface area contributed by atoms with Gasteiger partial charge in [0.05, 0.1) is 23.1 Å². The molecule has 0 spiro atoms. The van der Waals surface area contributed by atoms with Crippen LogP contribution in [0.5, 0.6) is 0 Å². The van der Waals surface area contributed by atoms with Gasteiger partial charge in [-0.1, -0.05) is 164 Å². The Hall–Kier alpha value is -9.75. The van der Waals surface area contributed by atoms with Crippen molar-refractivity contribution in [2.45, 2.75) is 6.04 Å². The Morgan fingerprint density at radius 2 is 1.00 bits per heavy atom. The molecule has 0 bridgehead atoms. The van der Waals surface area contributed by atoms with Crippen molar-refractivity contribution < 1.29 is 0 Å². The lowest BCUT2D eigenvalue weighted by atomic mass is 9.96. The van der Waals surface area contributed by atoms with Gasteiger partial charge in [-0.15, -0.1) is 0 Å². The number of fused-ring (bicyclic) bond motifs is 3. The van der Waals surface area contributed by atoms with Crippen molar-refractivity contribution in [2.75, 3.05) is 4.90 Å². The van der Waals surface area contributed by atoms with E-state index >= 15 is 0 Å². The zero-order valence-electron chi connectivity index (χ0n) is 38.3. The fraction of sp³-hybridized carbons (Fsp3) is 0.0159. The molecule has 334 valence electrons. The molecule has 8 nitrogen and oxygen atoms in total. The van der Waals surface area contributed by atoms with Crippen LogP contribution in [0.15, 0.2) is 249 Å². The van der Waals surface area contributed by atoms with Gasteiger partial charge in [-0.2, -0.15) is 0 Å². The van der Waals surface area contributed by atoms with Crippen LogP contribution in [0, 0.1) is 0 Å². The number of para-hydroxylation sites is 2. The number of rotatable bonds is 9. The monoisotopic (exact) mass is 910 g/mol. The molecule has 0 radical (unpaired) electrons. The summed E-state index contributed by atoms with van der Waals surface area (Å²) in [6.45, 7) is 0. The van der Waals surface area contributed by atoms with Crippen molar-refractivity contribution in [2.24, 2.45) is 0 Å². The fourth-order valence-corrected chi connectivity index (χ4v) is 10.0. The van der Waals surface area contributed by atoms with Crippen molar-refractivity contribution >= 4 is 51.2 Å². The summed E-state index contributed by atoms with van der Waals surface area (Å²) >= 11 is 0. The molecule has 0 saturated carbocycles. The van der Waals surface area contributed by atoms with Crippen LogP contribution in [-0.2, 0) is 0 Å². The number of hydrogen-bond donors (Lipinski definition) is 0. The Morgan fingerprint density at radius 3 is 1.73 bits per heavy atom. The van der Waals surface area contributed by atoms with Crippen LogP contribution in [-0.4, -0.2) is 34.1 Å². The van der Waals surface area contributed by atoms with E-state index in [9.17, 15) is 0 Å². The summed E-state index contributed by atoms with van der Waals surface area (Å²) < 4.78 is 4.48. The highest BCUT2D eigenvalue weighted by atomic mass is 15.2. The molecule has 0 N–H and O–H groups in total. The van der Waals surface area contributed by atoms with E-state index < -0.39 is 0 Å². The third kappa shape index (κ3) is 7.40. The maximum absolute atomic E-state index is 5.50. The van der Waals surface area contributed by atoms with Crippen LogP contribution >= 0.6 is 0 Å². The number of aromatic nitrogens is 7. The third-order valence-electron chi connectivity index (χ3n) is 13.2. The third-order valence-corrected chi connectivity index (χ3v) is 13.2. The number of pyridine rings is 3. The van der Waals surface area contributed by atoms with E-state index in [1.54, 1.807) is 0 Å². The van der Waals surface area contributed by atoms with E-state index in [0.29, 0.717) is 0 Å². The van der Waals surface area contributed by atoms with Crippen LogP contribution in [0.2, 0.25) is 0 Å². The molecule has 8 heteroatoms. The predicted molar refractivity (Wildman–Crippen MR) is 288 cm³/mol. The number of hydrogen-bond acceptors (Lipinski definition) is 6. The number of imidazole rings is 2. The summed E-state index contributed by atoms with van der Waals surface area (Å²) in [5, 5.41) is 0. The highest BCUT2D eigenvalue weighted by Gasteiger charge is 2.30. The minimum absolute atomic E-state index is 0.264. The molecule has 0 saturated heterocycles. The summed E-state index contributed by atoms with van der Waals surface area (Å²) in [7, 11) is 0. The zero-order chi connectivity index (χ0) is 47.1. The van der Waals surface area contributed by atoms with E-state index in [0.717, 1.165) is 113 Å². The van der Waals surface area contributed by atoms with E-state index in [1.807, 2.05) is 61.1 Å². The fourth-order valence-electron chi connectivity index (χ4n) is 10.0. The lowest BCUT2D eigenvalue weighted by molar-refractivity contribution is 0.763. The van der Waals surface area contributed by atoms with Gasteiger partial charge in [0.1, 0.15) is 28.5 Å². The first-order valence-electron chi connectivity index (χ1n) is 23.7. The van der Waals surface area contributed by atoms with Gasteiger partial charge < -0.3 is 0 Å². The minimum atomic E-state index is -0.264. The molecule has 11 aromatic rings. The summed E-state index contributed by atoms with van der Waals surface area (Å²) in [5.41, 5.74) is 19.7. The Balaban J connectivity index is 1.11. The van der Waals surface area contributed by atoms with Crippen LogP contribution in [0.1, 0.15) is 22.7 Å². The van der Waals surface area contributed by atoms with Gasteiger partial charge in [0.2, 0.25) is 0 Å². The van der Waals surface area contributed by atoms with Crippen molar-refractivity contribution in [3.8, 4) is 50.7 Å². The molecule has 1 unspecified atom stereocenters. The molecule has 2 aliphatic rings. The Kier molecular flexibility index (Phi) is 10.3. The molecule has 1 atom stereocenters. The summed E-state index contributed by atoms with van der Waals surface area (Å²) in [5.74, 6) is 2.28. The molecule has 6 aromatic carbocycles. The first-order valence-corrected chi connectivity index (χ1v) is 23.7. The van der Waals surface area contributed by atoms with Gasteiger partial charge in [0.15, 0.2) is 11.3 Å². The molecule has 5 aromatic heterocycles. The van der Waals surface area contributed by atoms with Gasteiger partial charge in [0, 0.05) is 52.0 Å². The van der Waals surface area contributed by atoms with Gasteiger partial charge in [-0.25, -0.2) is 24.9 Å². The summed E-state index contributed by atoms with van der Waals surface area (Å²) in [4.78, 5) is 28.4. The van der Waals surface area contributed by atoms with E-state index in [2.05, 4.69) is 208 Å². The maximum atomic E-state index is 5.50. The highest BCUT2D eigenvalue weighted by Crippen LogP contribution is 2.46. The predicted octanol–water partition coefficient (Wildman–Crippen LogP) is 14.8. The molecule has 71 heavy (non-hydrogen) atoms. The Bertz CT molecular complexity index is 3990. The number of anilines is 2. The topological polar surface area (TPSA) is 77.6 Å². The average molecular weight is 911 g/mol. The standard InChI is InChI=1S/C63H42N8/c1-5-20-43(21-6-1)50-28-13-15-33-56(50)69-55(36-35-46-26-17-37-64-59(46)69)47-40-48(60-67-53-30-18-38-65-62(53)70(60)57-32-12-4-11-27-51(57)44-22-7-2-8-23-44)42-49(41-47)61-68-54-31-19-39-66-63(54)71(61)58-34-16-14-29-52(58)45-24-9-3-10-25-45/h1-35,37-42,57H. The van der Waals surface area contributed by atoms with Crippen molar-refractivity contribution in [1.29, 1.82) is 0 Å². The van der Waals surface area contributed by atoms with Crippen LogP contribution < -0.4 is 4.90 Å². The average Bonchev–Trinajstić information content (AvgIpc) is 3.93. The molecule has 1 aliphatic carbocycles. The minimum Gasteiger partial charge on any atom is -0.297 e. The highest BCUT2D eigenvalue weighted by molar-refractivity contribution is 5.99. The SMILES string of the molecule is C1=Cc2cccnc2N(c2ccccc2-c2ccccc2)C=1c1cc(-c2nc3cccnc3n2-c2ccccc2-c2ccccc2)cc(-c2nc3cccnc3n2C2C=CC=CC=C2c2ccccc2)c1. The lowest BCUT2D eigenvalue weighted by Crippen LogP contribution is -2.20. The van der Waals surface area contributed by atoms with Crippen molar-refractivity contribution in [1.82, 2.24) is 34.1 Å². The molecule has 13 rings (SSSR count). The molecule has 1 aliphatic heterocycles. The quantitative estimate of drug-likeness (QED) is 0.134. The van der Waals surface area contributed by atoms with Crippen molar-refractivity contribution in [3.63, 3.8) is 0 Å². The Morgan fingerprint density at radius 1 is 0.437 bits per heavy atom. The first kappa shape index (κ1) is 41.4. The van der Waals surface area contributed by atoms with Crippen LogP contribution in [0.25, 0.3) is 90.4 Å². The van der Waals surface area contributed by atoms with Crippen LogP contribution in [0.3, 0.4) is 0 Å². The van der Waals surface area contributed by atoms with Crippen LogP contribution in [0.4, 0.5) is 11.5 Å². The van der Waals surface area contributed by atoms with Crippen molar-refractivity contribution in [3.05, 3.63) is 266 Å². The summed E-state index contributed by atoms with van der Waals surface area (Å²) in [6.07, 6.45) is 18.3. The van der Waals surface area contributed by atoms with Gasteiger partial charge >= 0.3 is 0 Å². The largest absolute Gasteiger partial charge is 0.297 e. The smallest absolute Gasteiger partial charge is 0.164 e. The maximum Gasteiger partial charge on any atom is 0.164 e. The second-order valence-electron chi connectivity index (χ2n) is 17.4. The van der Waals surface area contributed by atoms with E-state index in [-0.39, 0.29) is 6.04 Å². The Labute approximate surface area is 410 Å². The molecular formula is C63H42N8. The second kappa shape index (κ2) is 17.7. The zero-order valence-corrected chi connectivity index (χ0v) is 38.3. The van der Waals surface area contributed by atoms with Gasteiger partial charge in [-0.3, -0.25) is 14.0 Å². The normalized spacial score (nSPS) is 14.1. The molecule has 0 amide bonds.